The number of amides is 2. The third-order valence-electron chi connectivity index (χ3n) is 3.09. The Labute approximate surface area is 154 Å². The minimum atomic E-state index is -3.53. The first kappa shape index (κ1) is 21.6. The van der Waals surface area contributed by atoms with Crippen LogP contribution in [0, 0.1) is 5.92 Å². The molecule has 0 saturated carbocycles. The molecule has 1 aromatic carbocycles. The van der Waals surface area contributed by atoms with E-state index in [1.54, 1.807) is 31.1 Å². The highest BCUT2D eigenvalue weighted by Gasteiger charge is 2.22. The Hall–Kier alpha value is -1.48. The van der Waals surface area contributed by atoms with Gasteiger partial charge in [0.2, 0.25) is 5.91 Å². The second-order valence-corrected chi connectivity index (χ2v) is 8.76. The van der Waals surface area contributed by atoms with Gasteiger partial charge in [0.15, 0.2) is 9.92 Å². The molecule has 0 aromatic heterocycles. The molecule has 0 fully saturated rings. The van der Waals surface area contributed by atoms with Crippen LogP contribution >= 0.6 is 11.6 Å². The van der Waals surface area contributed by atoms with Crippen molar-refractivity contribution in [1.29, 1.82) is 0 Å². The topological polar surface area (TPSA) is 105 Å². The normalized spacial score (nSPS) is 14.9. The van der Waals surface area contributed by atoms with Crippen molar-refractivity contribution in [3.05, 3.63) is 29.3 Å². The van der Waals surface area contributed by atoms with Crippen molar-refractivity contribution >= 4 is 33.3 Å². The smallest absolute Gasteiger partial charge is 0.272 e. The lowest BCUT2D eigenvalue weighted by molar-refractivity contribution is -0.120. The van der Waals surface area contributed by atoms with E-state index < -0.39 is 27.8 Å². The predicted octanol–water partition coefficient (Wildman–Crippen LogP) is 1.66. The van der Waals surface area contributed by atoms with Crippen LogP contribution in [0.2, 0.25) is 5.02 Å². The van der Waals surface area contributed by atoms with E-state index >= 15 is 0 Å². The molecule has 1 unspecified atom stereocenters. The van der Waals surface area contributed by atoms with Crippen LogP contribution in [0.4, 0.5) is 0 Å². The molecule has 0 aliphatic rings. The number of hydrogen-bond donors (Lipinski definition) is 2. The van der Waals surface area contributed by atoms with Gasteiger partial charge in [0, 0.05) is 5.02 Å². The van der Waals surface area contributed by atoms with Gasteiger partial charge in [-0.15, -0.1) is 4.36 Å². The van der Waals surface area contributed by atoms with Gasteiger partial charge in [-0.05, 0) is 44.6 Å². The lowest BCUT2D eigenvalue weighted by Crippen LogP contribution is -2.39. The molecule has 7 nitrogen and oxygen atoms in total. The average Bonchev–Trinajstić information content (AvgIpc) is 2.45. The number of likely N-dealkylation sites (N-methyl/N-ethyl adjacent to an activating group) is 1. The minimum Gasteiger partial charge on any atom is -0.320 e. The van der Waals surface area contributed by atoms with Crippen molar-refractivity contribution in [3.63, 3.8) is 0 Å². The molecule has 0 spiro atoms. The summed E-state index contributed by atoms with van der Waals surface area (Å²) in [5.74, 6) is -1.06. The van der Waals surface area contributed by atoms with Crippen LogP contribution in [0.25, 0.3) is 0 Å². The number of nitrogens with one attached hydrogen (secondary N) is 1. The third-order valence-corrected chi connectivity index (χ3v) is 5.16. The van der Waals surface area contributed by atoms with Gasteiger partial charge in [-0.25, -0.2) is 4.21 Å². The number of nitrogens with zero attached hydrogens (tertiary/aromatic N) is 2. The van der Waals surface area contributed by atoms with Crippen LogP contribution in [-0.4, -0.2) is 47.6 Å². The van der Waals surface area contributed by atoms with E-state index in [1.807, 2.05) is 13.8 Å². The first-order valence-corrected chi connectivity index (χ1v) is 9.70. The zero-order valence-corrected chi connectivity index (χ0v) is 16.4. The monoisotopic (exact) mass is 388 g/mol. The first-order valence-electron chi connectivity index (χ1n) is 7.81. The van der Waals surface area contributed by atoms with Crippen LogP contribution < -0.4 is 10.5 Å². The first-order chi connectivity index (χ1) is 11.5. The van der Waals surface area contributed by atoms with Crippen LogP contribution in [0.15, 0.2) is 33.5 Å². The van der Waals surface area contributed by atoms with Crippen molar-refractivity contribution < 1.29 is 13.8 Å². The lowest BCUT2D eigenvalue weighted by Gasteiger charge is -2.16. The maximum Gasteiger partial charge on any atom is 0.272 e. The van der Waals surface area contributed by atoms with Gasteiger partial charge in [-0.2, -0.15) is 0 Å². The summed E-state index contributed by atoms with van der Waals surface area (Å²) in [6.45, 7) is 3.83. The van der Waals surface area contributed by atoms with Crippen molar-refractivity contribution in [2.24, 2.45) is 16.0 Å². The van der Waals surface area contributed by atoms with E-state index in [2.05, 4.69) is 9.08 Å². The summed E-state index contributed by atoms with van der Waals surface area (Å²) < 4.78 is 19.4. The van der Waals surface area contributed by atoms with E-state index in [-0.39, 0.29) is 17.4 Å². The number of nitrogens with two attached hydrogens (primary N) is 1. The summed E-state index contributed by atoms with van der Waals surface area (Å²) in [5, 5.41) is 0.321. The summed E-state index contributed by atoms with van der Waals surface area (Å²) >= 11 is 5.94. The van der Waals surface area contributed by atoms with Crippen LogP contribution in [0.3, 0.4) is 0 Å². The number of rotatable bonds is 7. The van der Waals surface area contributed by atoms with Gasteiger partial charge in [0.05, 0.1) is 17.5 Å². The molecular formula is C16H25ClN4O3S. The van der Waals surface area contributed by atoms with Gasteiger partial charge in [0.25, 0.3) is 5.91 Å². The number of halogens is 1. The van der Waals surface area contributed by atoms with Crippen molar-refractivity contribution in [2.75, 3.05) is 20.6 Å². The van der Waals surface area contributed by atoms with Crippen LogP contribution in [-0.2, 0) is 19.5 Å². The fourth-order valence-corrected chi connectivity index (χ4v) is 3.89. The highest BCUT2D eigenvalue weighted by molar-refractivity contribution is 7.92. The zero-order chi connectivity index (χ0) is 19.2. The third kappa shape index (κ3) is 7.11. The summed E-state index contributed by atoms with van der Waals surface area (Å²) in [6, 6.07) is 5.19. The Balaban J connectivity index is 3.27. The molecule has 9 heteroatoms. The van der Waals surface area contributed by atoms with Crippen molar-refractivity contribution in [3.8, 4) is 0 Å². The van der Waals surface area contributed by atoms with E-state index in [1.165, 1.54) is 12.1 Å². The molecule has 0 heterocycles. The van der Waals surface area contributed by atoms with Gasteiger partial charge in [0.1, 0.15) is 0 Å². The largest absolute Gasteiger partial charge is 0.320 e. The number of benzene rings is 1. The molecule has 3 N–H and O–H groups in total. The van der Waals surface area contributed by atoms with Gasteiger partial charge >= 0.3 is 0 Å². The Morgan fingerprint density at radius 3 is 2.52 bits per heavy atom. The molecule has 0 saturated heterocycles. The van der Waals surface area contributed by atoms with Gasteiger partial charge < -0.3 is 10.6 Å². The summed E-state index contributed by atoms with van der Waals surface area (Å²) in [5.41, 5.74) is 5.83. The summed E-state index contributed by atoms with van der Waals surface area (Å²) in [6.07, 6.45) is 0.402. The van der Waals surface area contributed by atoms with Crippen molar-refractivity contribution in [2.45, 2.75) is 31.2 Å². The van der Waals surface area contributed by atoms with Crippen molar-refractivity contribution in [1.82, 2.24) is 9.62 Å². The minimum absolute atomic E-state index is 0.000681. The van der Waals surface area contributed by atoms with Crippen LogP contribution in [0.5, 0.6) is 0 Å². The summed E-state index contributed by atoms with van der Waals surface area (Å²) in [4.78, 5) is 26.1. The van der Waals surface area contributed by atoms with Gasteiger partial charge in [-0.1, -0.05) is 31.5 Å². The zero-order valence-electron chi connectivity index (χ0n) is 14.9. The molecule has 2 atom stereocenters. The highest BCUT2D eigenvalue weighted by Crippen LogP contribution is 2.18. The fraction of sp³-hybridized carbons (Fsp3) is 0.500. The maximum atomic E-state index is 13.3. The molecule has 2 amide bonds. The number of carbonyl (C=O) groups is 2. The fourth-order valence-electron chi connectivity index (χ4n) is 2.05. The second-order valence-electron chi connectivity index (χ2n) is 6.41. The quantitative estimate of drug-likeness (QED) is 0.739. The predicted molar refractivity (Wildman–Crippen MR) is 99.4 cm³/mol. The second kappa shape index (κ2) is 9.28. The molecule has 140 valence electrons. The van der Waals surface area contributed by atoms with Gasteiger partial charge in [-0.3, -0.25) is 14.3 Å². The summed E-state index contributed by atoms with van der Waals surface area (Å²) in [7, 11) is -0.138. The molecule has 0 radical (unpaired) electrons. The maximum absolute atomic E-state index is 13.3. The number of carbonyl (C=O) groups excluding carboxylic acids is 2. The molecular weight excluding hydrogens is 364 g/mol. The van der Waals surface area contributed by atoms with E-state index in [0.717, 1.165) is 0 Å². The molecule has 1 rings (SSSR count). The van der Waals surface area contributed by atoms with Crippen LogP contribution in [0.1, 0.15) is 20.3 Å². The Bertz CT molecular complexity index is 743. The number of hydrogen-bond acceptors (Lipinski definition) is 5. The Kier molecular flexibility index (Phi) is 8.01. The molecule has 0 aliphatic heterocycles. The Morgan fingerprint density at radius 2 is 2.00 bits per heavy atom. The van der Waals surface area contributed by atoms with E-state index in [0.29, 0.717) is 11.4 Å². The van der Waals surface area contributed by atoms with E-state index in [4.69, 9.17) is 17.3 Å². The SMILES string of the molecule is CC(C)C[C@H](N)C(=O)N=S(=O)(NC(=O)CN(C)C)c1cccc(Cl)c1. The standard InChI is InChI=1S/C16H25ClN4O3S/c1-11(2)8-14(18)16(23)20-25(24,19-15(22)10-21(3)4)13-7-5-6-12(17)9-13/h5-7,9,11,14H,8,10,18H2,1-4H3,(H,19,20,22,23,24)/t14-,25?/m0/s1. The molecule has 0 bridgehead atoms. The lowest BCUT2D eigenvalue weighted by atomic mass is 10.0. The molecule has 25 heavy (non-hydrogen) atoms. The highest BCUT2D eigenvalue weighted by atomic mass is 35.5. The Morgan fingerprint density at radius 1 is 1.36 bits per heavy atom. The molecule has 1 aromatic rings. The average molecular weight is 389 g/mol. The van der Waals surface area contributed by atoms with E-state index in [9.17, 15) is 13.8 Å². The molecule has 0 aliphatic carbocycles.